The van der Waals surface area contributed by atoms with E-state index in [4.69, 9.17) is 26.5 Å². The van der Waals surface area contributed by atoms with Crippen LogP contribution in [0.5, 0.6) is 5.75 Å². The summed E-state index contributed by atoms with van der Waals surface area (Å²) in [5, 5.41) is 17.7. The number of halogens is 1. The molecule has 0 heterocycles. The van der Waals surface area contributed by atoms with E-state index in [1.165, 1.54) is 7.11 Å². The number of alkyl halides is 1. The van der Waals surface area contributed by atoms with E-state index in [2.05, 4.69) is 0 Å². The van der Waals surface area contributed by atoms with E-state index in [-0.39, 0.29) is 5.90 Å². The van der Waals surface area contributed by atoms with Crippen LogP contribution in [0.1, 0.15) is 24.2 Å². The van der Waals surface area contributed by atoms with Crippen LogP contribution in [-0.4, -0.2) is 30.6 Å². The number of methoxy groups -OCH3 is 1. The van der Waals surface area contributed by atoms with Gasteiger partial charge in [-0.15, -0.1) is 11.6 Å². The predicted molar refractivity (Wildman–Crippen MR) is 71.7 cm³/mol. The Labute approximate surface area is 112 Å². The Balaban J connectivity index is 3.02. The van der Waals surface area contributed by atoms with E-state index in [0.29, 0.717) is 30.2 Å². The molecule has 0 spiro atoms. The Morgan fingerprint density at radius 1 is 1.50 bits per heavy atom. The third-order valence-corrected chi connectivity index (χ3v) is 2.71. The summed E-state index contributed by atoms with van der Waals surface area (Å²) in [6.07, 6.45) is -0.414. The zero-order valence-corrected chi connectivity index (χ0v) is 11.3. The number of ether oxygens (including phenoxy) is 2. The molecule has 1 atom stereocenters. The second-order valence-corrected chi connectivity index (χ2v) is 4.09. The molecule has 1 aromatic rings. The number of aryl methyl sites for hydroxylation is 1. The molecule has 100 valence electrons. The van der Waals surface area contributed by atoms with Crippen LogP contribution >= 0.6 is 11.6 Å². The highest BCUT2D eigenvalue weighted by molar-refractivity contribution is 6.17. The number of aliphatic hydroxyl groups is 1. The molecule has 4 nitrogen and oxygen atoms in total. The summed E-state index contributed by atoms with van der Waals surface area (Å²) in [5.41, 5.74) is 1.52. The van der Waals surface area contributed by atoms with Crippen molar-refractivity contribution in [3.8, 4) is 5.75 Å². The standard InChI is InChI=1S/C13H18ClNO3/c1-3-18-13(15)12(16)10-8-9(6-7-14)4-5-11(10)17-2/h4-5,8,12,15-16H,3,6-7H2,1-2H3/t12-/m0/s1. The van der Waals surface area contributed by atoms with Crippen LogP contribution in [0.4, 0.5) is 0 Å². The van der Waals surface area contributed by atoms with Crippen molar-refractivity contribution in [3.63, 3.8) is 0 Å². The molecule has 1 aromatic carbocycles. The van der Waals surface area contributed by atoms with Crippen LogP contribution in [0.15, 0.2) is 18.2 Å². The van der Waals surface area contributed by atoms with Crippen LogP contribution in [0, 0.1) is 5.41 Å². The fourth-order valence-electron chi connectivity index (χ4n) is 1.64. The van der Waals surface area contributed by atoms with Crippen molar-refractivity contribution in [3.05, 3.63) is 29.3 Å². The van der Waals surface area contributed by atoms with Gasteiger partial charge in [-0.1, -0.05) is 6.07 Å². The van der Waals surface area contributed by atoms with E-state index < -0.39 is 6.10 Å². The molecule has 0 saturated heterocycles. The average Bonchev–Trinajstić information content (AvgIpc) is 2.38. The lowest BCUT2D eigenvalue weighted by molar-refractivity contribution is 0.187. The second kappa shape index (κ2) is 7.24. The molecule has 0 saturated carbocycles. The van der Waals surface area contributed by atoms with Gasteiger partial charge in [0.1, 0.15) is 5.75 Å². The first-order valence-electron chi connectivity index (χ1n) is 5.76. The third-order valence-electron chi connectivity index (χ3n) is 2.52. The number of hydrogen-bond acceptors (Lipinski definition) is 4. The number of rotatable bonds is 6. The van der Waals surface area contributed by atoms with Gasteiger partial charge >= 0.3 is 0 Å². The van der Waals surface area contributed by atoms with Gasteiger partial charge in [-0.3, -0.25) is 5.41 Å². The lowest BCUT2D eigenvalue weighted by Gasteiger charge is -2.16. The summed E-state index contributed by atoms with van der Waals surface area (Å²) >= 11 is 5.69. The normalized spacial score (nSPS) is 12.0. The van der Waals surface area contributed by atoms with Crippen molar-refractivity contribution >= 4 is 17.5 Å². The molecule has 5 heteroatoms. The first-order chi connectivity index (χ1) is 8.63. The topological polar surface area (TPSA) is 62.5 Å². The summed E-state index contributed by atoms with van der Waals surface area (Å²) in [7, 11) is 1.52. The Kier molecular flexibility index (Phi) is 5.95. The van der Waals surface area contributed by atoms with Gasteiger partial charge in [-0.05, 0) is 31.0 Å². The Hall–Kier alpha value is -1.26. The average molecular weight is 272 g/mol. The molecule has 0 unspecified atom stereocenters. The molecule has 0 bridgehead atoms. The summed E-state index contributed by atoms with van der Waals surface area (Å²) in [5.74, 6) is 0.856. The number of aliphatic hydroxyl groups excluding tert-OH is 1. The van der Waals surface area contributed by atoms with Crippen LogP contribution in [0.2, 0.25) is 0 Å². The Morgan fingerprint density at radius 2 is 2.22 bits per heavy atom. The van der Waals surface area contributed by atoms with Gasteiger partial charge in [-0.25, -0.2) is 0 Å². The van der Waals surface area contributed by atoms with Crippen molar-refractivity contribution < 1.29 is 14.6 Å². The minimum atomic E-state index is -1.12. The Morgan fingerprint density at radius 3 is 2.78 bits per heavy atom. The molecule has 0 amide bonds. The van der Waals surface area contributed by atoms with E-state index in [1.54, 1.807) is 19.1 Å². The number of hydrogen-bond donors (Lipinski definition) is 2. The van der Waals surface area contributed by atoms with Gasteiger partial charge in [0.15, 0.2) is 6.10 Å². The number of benzene rings is 1. The maximum Gasteiger partial charge on any atom is 0.215 e. The van der Waals surface area contributed by atoms with Crippen molar-refractivity contribution in [1.82, 2.24) is 0 Å². The largest absolute Gasteiger partial charge is 0.496 e. The molecule has 0 aliphatic carbocycles. The monoisotopic (exact) mass is 271 g/mol. The molecule has 18 heavy (non-hydrogen) atoms. The molecule has 1 rings (SSSR count). The highest BCUT2D eigenvalue weighted by atomic mass is 35.5. The van der Waals surface area contributed by atoms with Crippen molar-refractivity contribution in [2.45, 2.75) is 19.4 Å². The molecule has 0 radical (unpaired) electrons. The fraction of sp³-hybridized carbons (Fsp3) is 0.462. The van der Waals surface area contributed by atoms with Crippen molar-refractivity contribution in [2.24, 2.45) is 0 Å². The van der Waals surface area contributed by atoms with Gasteiger partial charge in [0.25, 0.3) is 0 Å². The fourth-order valence-corrected chi connectivity index (χ4v) is 1.86. The van der Waals surface area contributed by atoms with E-state index in [9.17, 15) is 5.11 Å². The third kappa shape index (κ3) is 3.62. The molecule has 0 aliphatic heterocycles. The summed E-state index contributed by atoms with van der Waals surface area (Å²) in [6.45, 7) is 2.11. The highest BCUT2D eigenvalue weighted by Crippen LogP contribution is 2.27. The summed E-state index contributed by atoms with van der Waals surface area (Å²) < 4.78 is 10.2. The van der Waals surface area contributed by atoms with E-state index in [0.717, 1.165) is 5.56 Å². The predicted octanol–water partition coefficient (Wildman–Crippen LogP) is 2.52. The lowest BCUT2D eigenvalue weighted by atomic mass is 10.0. The lowest BCUT2D eigenvalue weighted by Crippen LogP contribution is -2.15. The zero-order valence-electron chi connectivity index (χ0n) is 10.6. The second-order valence-electron chi connectivity index (χ2n) is 3.72. The molecule has 2 N–H and O–H groups in total. The molecule has 0 aliphatic rings. The zero-order chi connectivity index (χ0) is 13.5. The smallest absolute Gasteiger partial charge is 0.215 e. The Bertz CT molecular complexity index is 409. The number of nitrogens with one attached hydrogen (secondary N) is 1. The molecule has 0 aromatic heterocycles. The first-order valence-corrected chi connectivity index (χ1v) is 6.29. The first kappa shape index (κ1) is 14.8. The van der Waals surface area contributed by atoms with Gasteiger partial charge < -0.3 is 14.6 Å². The maximum absolute atomic E-state index is 10.1. The van der Waals surface area contributed by atoms with Crippen LogP contribution < -0.4 is 4.74 Å². The summed E-state index contributed by atoms with van der Waals surface area (Å²) in [6, 6.07) is 5.45. The van der Waals surface area contributed by atoms with Crippen LogP contribution in [0.3, 0.4) is 0 Å². The van der Waals surface area contributed by atoms with Gasteiger partial charge in [0.2, 0.25) is 5.90 Å². The molecular formula is C13H18ClNO3. The SMILES string of the molecule is CCOC(=N)[C@@H](O)c1cc(CCCl)ccc1OC. The van der Waals surface area contributed by atoms with Crippen LogP contribution in [-0.2, 0) is 11.2 Å². The molecular weight excluding hydrogens is 254 g/mol. The van der Waals surface area contributed by atoms with Crippen molar-refractivity contribution in [1.29, 1.82) is 5.41 Å². The van der Waals surface area contributed by atoms with Gasteiger partial charge in [-0.2, -0.15) is 0 Å². The van der Waals surface area contributed by atoms with Gasteiger partial charge in [0, 0.05) is 11.4 Å². The van der Waals surface area contributed by atoms with Gasteiger partial charge in [0.05, 0.1) is 13.7 Å². The minimum Gasteiger partial charge on any atom is -0.496 e. The summed E-state index contributed by atoms with van der Waals surface area (Å²) in [4.78, 5) is 0. The quantitative estimate of drug-likeness (QED) is 0.475. The van der Waals surface area contributed by atoms with Crippen molar-refractivity contribution in [2.75, 3.05) is 19.6 Å². The maximum atomic E-state index is 10.1. The molecule has 0 fully saturated rings. The van der Waals surface area contributed by atoms with E-state index in [1.807, 2.05) is 6.07 Å². The highest BCUT2D eigenvalue weighted by Gasteiger charge is 2.19. The van der Waals surface area contributed by atoms with Crippen LogP contribution in [0.25, 0.3) is 0 Å². The van der Waals surface area contributed by atoms with E-state index >= 15 is 0 Å². The minimum absolute atomic E-state index is 0.182.